The number of likely N-dealkylation sites (tertiary alicyclic amines) is 1. The van der Waals surface area contributed by atoms with Gasteiger partial charge in [0.15, 0.2) is 5.72 Å². The lowest BCUT2D eigenvalue weighted by Crippen LogP contribution is -2.64. The molecule has 0 radical (unpaired) electrons. The number of hydrogen-bond donors (Lipinski definition) is 1. The van der Waals surface area contributed by atoms with Gasteiger partial charge in [0.05, 0.1) is 5.69 Å². The summed E-state index contributed by atoms with van der Waals surface area (Å²) in [6.07, 6.45) is 2.00. The molecule has 3 atom stereocenters. The quantitative estimate of drug-likeness (QED) is 0.800. The fraction of sp³-hybridized carbons (Fsp3) is 0.476. The molecule has 7 nitrogen and oxygen atoms in total. The number of piperidine rings is 1. The molecule has 2 aliphatic heterocycles. The molecule has 1 aromatic heterocycles. The molecule has 2 bridgehead atoms. The van der Waals surface area contributed by atoms with E-state index in [4.69, 9.17) is 15.0 Å². The lowest BCUT2D eigenvalue weighted by molar-refractivity contribution is -0.175. The van der Waals surface area contributed by atoms with Crippen LogP contribution in [0.1, 0.15) is 48.3 Å². The molecule has 7 heteroatoms. The van der Waals surface area contributed by atoms with E-state index in [0.717, 1.165) is 34.8 Å². The minimum atomic E-state index is -0.864. The number of rotatable bonds is 5. The number of para-hydroxylation sites is 1. The number of nitrogens with two attached hydrogens (primary N) is 1. The summed E-state index contributed by atoms with van der Waals surface area (Å²) in [6, 6.07) is 7.58. The van der Waals surface area contributed by atoms with Crippen molar-refractivity contribution in [2.75, 3.05) is 6.54 Å². The van der Waals surface area contributed by atoms with Crippen molar-refractivity contribution >= 4 is 11.8 Å². The summed E-state index contributed by atoms with van der Waals surface area (Å²) in [7, 11) is 0. The Labute approximate surface area is 163 Å². The van der Waals surface area contributed by atoms with E-state index in [9.17, 15) is 9.59 Å². The third-order valence-electron chi connectivity index (χ3n) is 6.05. The van der Waals surface area contributed by atoms with Crippen LogP contribution in [0.2, 0.25) is 0 Å². The number of hydrogen-bond acceptors (Lipinski definition) is 5. The van der Waals surface area contributed by atoms with Crippen LogP contribution in [0.25, 0.3) is 0 Å². The van der Waals surface area contributed by atoms with Crippen LogP contribution >= 0.6 is 0 Å². The maximum absolute atomic E-state index is 13.2. The van der Waals surface area contributed by atoms with Crippen molar-refractivity contribution in [2.45, 2.75) is 51.7 Å². The van der Waals surface area contributed by atoms with E-state index >= 15 is 0 Å². The van der Waals surface area contributed by atoms with Crippen molar-refractivity contribution in [1.29, 1.82) is 0 Å². The number of nitrogens with zero attached hydrogens (tertiary/aromatic N) is 2. The van der Waals surface area contributed by atoms with Crippen molar-refractivity contribution in [3.8, 4) is 5.75 Å². The van der Waals surface area contributed by atoms with Gasteiger partial charge in [-0.25, -0.2) is 0 Å². The highest BCUT2D eigenvalue weighted by Crippen LogP contribution is 2.50. The summed E-state index contributed by atoms with van der Waals surface area (Å²) in [5, 5.41) is 3.98. The zero-order chi connectivity index (χ0) is 20.1. The Morgan fingerprint density at radius 1 is 1.36 bits per heavy atom. The number of ether oxygens (including phenoxy) is 1. The average Bonchev–Trinajstić information content (AvgIpc) is 2.95. The minimum Gasteiger partial charge on any atom is -0.468 e. The van der Waals surface area contributed by atoms with Gasteiger partial charge in [-0.05, 0) is 45.2 Å². The predicted molar refractivity (Wildman–Crippen MR) is 102 cm³/mol. The van der Waals surface area contributed by atoms with E-state index in [2.05, 4.69) is 5.16 Å². The SMILES string of the molecule is Cc1noc(C)c1CCCN1C(=O)[C@@H](C(N)=O)[C@H]2C[C@@]1(C)Oc1ccccc12. The molecule has 2 N–H and O–H groups in total. The molecular weight excluding hydrogens is 358 g/mol. The molecule has 0 saturated carbocycles. The molecule has 148 valence electrons. The van der Waals surface area contributed by atoms with Crippen LogP contribution in [-0.4, -0.2) is 34.1 Å². The van der Waals surface area contributed by atoms with Gasteiger partial charge in [-0.15, -0.1) is 0 Å². The highest BCUT2D eigenvalue weighted by molar-refractivity contribution is 6.01. The molecule has 28 heavy (non-hydrogen) atoms. The number of benzene rings is 1. The van der Waals surface area contributed by atoms with Crippen molar-refractivity contribution in [3.63, 3.8) is 0 Å². The summed E-state index contributed by atoms with van der Waals surface area (Å²) in [5.74, 6) is -0.428. The minimum absolute atomic E-state index is 0.250. The maximum atomic E-state index is 13.2. The number of aryl methyl sites for hydroxylation is 2. The van der Waals surface area contributed by atoms with Gasteiger partial charge >= 0.3 is 0 Å². The van der Waals surface area contributed by atoms with Gasteiger partial charge in [0.1, 0.15) is 17.4 Å². The summed E-state index contributed by atoms with van der Waals surface area (Å²) in [4.78, 5) is 27.1. The monoisotopic (exact) mass is 383 g/mol. The van der Waals surface area contributed by atoms with Crippen LogP contribution in [0.4, 0.5) is 0 Å². The number of carbonyl (C=O) groups is 2. The average molecular weight is 383 g/mol. The largest absolute Gasteiger partial charge is 0.468 e. The molecule has 1 aromatic carbocycles. The lowest BCUT2D eigenvalue weighted by Gasteiger charge is -2.52. The Morgan fingerprint density at radius 2 is 2.11 bits per heavy atom. The Bertz CT molecular complexity index is 918. The fourth-order valence-electron chi connectivity index (χ4n) is 4.65. The van der Waals surface area contributed by atoms with E-state index in [1.807, 2.05) is 45.0 Å². The first-order valence-corrected chi connectivity index (χ1v) is 9.62. The molecule has 1 saturated heterocycles. The van der Waals surface area contributed by atoms with Crippen LogP contribution in [0.15, 0.2) is 28.8 Å². The van der Waals surface area contributed by atoms with Gasteiger partial charge in [0.2, 0.25) is 11.8 Å². The van der Waals surface area contributed by atoms with E-state index < -0.39 is 17.6 Å². The standard InChI is InChI=1S/C21H25N3O4/c1-12-14(13(2)28-23-12)8-6-10-24-20(26)18(19(22)25)16-11-21(24,3)27-17-9-5-4-7-15(16)17/h4-5,7,9,16,18H,6,8,10-11H2,1-3H3,(H2,22,25)/t16-,18+,21+/m0/s1. The van der Waals surface area contributed by atoms with Crippen LogP contribution in [-0.2, 0) is 16.0 Å². The molecule has 2 amide bonds. The molecule has 0 unspecified atom stereocenters. The Kier molecular flexibility index (Phi) is 4.40. The van der Waals surface area contributed by atoms with Crippen LogP contribution < -0.4 is 10.5 Å². The topological polar surface area (TPSA) is 98.7 Å². The van der Waals surface area contributed by atoms with Crippen molar-refractivity contribution < 1.29 is 18.8 Å². The van der Waals surface area contributed by atoms with Gasteiger partial charge < -0.3 is 19.9 Å². The Balaban J connectivity index is 1.61. The second kappa shape index (κ2) is 6.65. The molecular formula is C21H25N3O4. The Hall–Kier alpha value is -2.83. The highest BCUT2D eigenvalue weighted by atomic mass is 16.5. The van der Waals surface area contributed by atoms with Crippen LogP contribution in [0.3, 0.4) is 0 Å². The second-order valence-electron chi connectivity index (χ2n) is 7.90. The number of aromatic nitrogens is 1. The van der Waals surface area contributed by atoms with E-state index in [1.165, 1.54) is 0 Å². The summed E-state index contributed by atoms with van der Waals surface area (Å²) >= 11 is 0. The van der Waals surface area contributed by atoms with E-state index in [-0.39, 0.29) is 11.8 Å². The normalized spacial score (nSPS) is 26.0. The van der Waals surface area contributed by atoms with Gasteiger partial charge in [-0.1, -0.05) is 23.4 Å². The summed E-state index contributed by atoms with van der Waals surface area (Å²) in [6.45, 7) is 6.19. The molecule has 4 rings (SSSR count). The van der Waals surface area contributed by atoms with Crippen molar-refractivity contribution in [1.82, 2.24) is 10.1 Å². The van der Waals surface area contributed by atoms with E-state index in [0.29, 0.717) is 19.4 Å². The predicted octanol–water partition coefficient (Wildman–Crippen LogP) is 2.45. The third-order valence-corrected chi connectivity index (χ3v) is 6.05. The number of carbonyl (C=O) groups excluding carboxylic acids is 2. The second-order valence-corrected chi connectivity index (χ2v) is 7.90. The smallest absolute Gasteiger partial charge is 0.238 e. The third kappa shape index (κ3) is 2.85. The van der Waals surface area contributed by atoms with E-state index in [1.54, 1.807) is 4.90 Å². The summed E-state index contributed by atoms with van der Waals surface area (Å²) in [5.41, 5.74) is 7.68. The van der Waals surface area contributed by atoms with Gasteiger partial charge in [0.25, 0.3) is 0 Å². The lowest BCUT2D eigenvalue weighted by atomic mass is 9.73. The van der Waals surface area contributed by atoms with Crippen molar-refractivity contribution in [2.24, 2.45) is 11.7 Å². The number of amides is 2. The maximum Gasteiger partial charge on any atom is 0.238 e. The fourth-order valence-corrected chi connectivity index (χ4v) is 4.65. The van der Waals surface area contributed by atoms with Gasteiger partial charge in [-0.3, -0.25) is 9.59 Å². The number of primary amides is 1. The highest BCUT2D eigenvalue weighted by Gasteiger charge is 2.55. The first-order chi connectivity index (χ1) is 13.3. The molecule has 0 spiro atoms. The molecule has 1 fully saturated rings. The Morgan fingerprint density at radius 3 is 2.79 bits per heavy atom. The number of fused-ring (bicyclic) bond motifs is 4. The molecule has 2 aromatic rings. The van der Waals surface area contributed by atoms with Crippen LogP contribution in [0, 0.1) is 19.8 Å². The molecule has 0 aliphatic carbocycles. The first-order valence-electron chi connectivity index (χ1n) is 9.62. The molecule has 2 aliphatic rings. The van der Waals surface area contributed by atoms with Gasteiger partial charge in [-0.2, -0.15) is 0 Å². The zero-order valence-corrected chi connectivity index (χ0v) is 16.4. The zero-order valence-electron chi connectivity index (χ0n) is 16.4. The van der Waals surface area contributed by atoms with Gasteiger partial charge in [0, 0.05) is 24.4 Å². The van der Waals surface area contributed by atoms with Crippen LogP contribution in [0.5, 0.6) is 5.75 Å². The first kappa shape index (κ1) is 18.5. The van der Waals surface area contributed by atoms with Crippen molar-refractivity contribution in [3.05, 3.63) is 46.8 Å². The summed E-state index contributed by atoms with van der Waals surface area (Å²) < 4.78 is 11.5. The molecule has 3 heterocycles.